The first kappa shape index (κ1) is 19.3. The minimum atomic E-state index is -0.527. The van der Waals surface area contributed by atoms with Gasteiger partial charge in [0, 0.05) is 0 Å². The first-order valence-electron chi connectivity index (χ1n) is 8.29. The molecule has 0 saturated carbocycles. The van der Waals surface area contributed by atoms with Crippen molar-refractivity contribution in [1.29, 1.82) is 0 Å². The van der Waals surface area contributed by atoms with Crippen LogP contribution in [0, 0.1) is 5.92 Å². The summed E-state index contributed by atoms with van der Waals surface area (Å²) >= 11 is 0. The second-order valence-corrected chi connectivity index (χ2v) is 6.23. The van der Waals surface area contributed by atoms with E-state index in [0.29, 0.717) is 12.5 Å². The van der Waals surface area contributed by atoms with Crippen LogP contribution in [0.3, 0.4) is 0 Å². The molecule has 0 aliphatic carbocycles. The molecule has 0 aromatic carbocycles. The molecule has 0 fully saturated rings. The molecule has 1 unspecified atom stereocenters. The van der Waals surface area contributed by atoms with Gasteiger partial charge in [-0.3, -0.25) is 0 Å². The summed E-state index contributed by atoms with van der Waals surface area (Å²) in [7, 11) is 0. The molecule has 0 bridgehead atoms. The molecule has 0 N–H and O–H groups in total. The molecule has 0 amide bonds. The molecule has 0 spiro atoms. The van der Waals surface area contributed by atoms with Gasteiger partial charge in [0.1, 0.15) is 5.60 Å². The Morgan fingerprint density at radius 1 is 1.00 bits per heavy atom. The fraction of sp³-hybridized carbons (Fsp3) is 0.941. The van der Waals surface area contributed by atoms with Gasteiger partial charge in [0.05, 0.1) is 6.61 Å². The summed E-state index contributed by atoms with van der Waals surface area (Å²) < 4.78 is 10.5. The van der Waals surface area contributed by atoms with Crippen molar-refractivity contribution in [3.8, 4) is 0 Å². The Kier molecular flexibility index (Phi) is 10.6. The molecule has 0 aliphatic heterocycles. The van der Waals surface area contributed by atoms with E-state index >= 15 is 0 Å². The third-order valence-electron chi connectivity index (χ3n) is 4.11. The first-order valence-corrected chi connectivity index (χ1v) is 8.29. The maximum Gasteiger partial charge on any atom is 0.508 e. The molecule has 0 aliphatic rings. The van der Waals surface area contributed by atoms with Gasteiger partial charge in [0.15, 0.2) is 0 Å². The Bertz CT molecular complexity index is 249. The number of hydrogen-bond acceptors (Lipinski definition) is 3. The zero-order valence-corrected chi connectivity index (χ0v) is 14.2. The molecule has 0 heterocycles. The normalized spacial score (nSPS) is 13.1. The average molecular weight is 286 g/mol. The van der Waals surface area contributed by atoms with E-state index in [1.807, 2.05) is 13.8 Å². The van der Waals surface area contributed by atoms with Crippen LogP contribution in [0.5, 0.6) is 0 Å². The van der Waals surface area contributed by atoms with Gasteiger partial charge in [-0.1, -0.05) is 59.3 Å². The van der Waals surface area contributed by atoms with Crippen molar-refractivity contribution in [2.45, 2.75) is 91.6 Å². The van der Waals surface area contributed by atoms with Crippen LogP contribution in [0.4, 0.5) is 4.79 Å². The lowest BCUT2D eigenvalue weighted by Gasteiger charge is -2.30. The highest BCUT2D eigenvalue weighted by molar-refractivity contribution is 5.60. The summed E-state index contributed by atoms with van der Waals surface area (Å²) in [5.41, 5.74) is -0.452. The van der Waals surface area contributed by atoms with E-state index in [0.717, 1.165) is 19.3 Å². The molecular weight excluding hydrogens is 252 g/mol. The maximum atomic E-state index is 11.6. The van der Waals surface area contributed by atoms with Crippen molar-refractivity contribution in [1.82, 2.24) is 0 Å². The number of hydrogen-bond donors (Lipinski definition) is 0. The van der Waals surface area contributed by atoms with Gasteiger partial charge in [-0.05, 0) is 32.6 Å². The minimum Gasteiger partial charge on any atom is -0.434 e. The van der Waals surface area contributed by atoms with Crippen molar-refractivity contribution in [2.24, 2.45) is 5.92 Å². The SMILES string of the molecule is CCCCCCCCCOC(=O)OC(C)(C)C(C)CC. The number of ether oxygens (including phenoxy) is 2. The molecule has 3 heteroatoms. The van der Waals surface area contributed by atoms with Gasteiger partial charge in [-0.2, -0.15) is 0 Å². The Morgan fingerprint density at radius 3 is 2.10 bits per heavy atom. The van der Waals surface area contributed by atoms with E-state index in [9.17, 15) is 4.79 Å². The Morgan fingerprint density at radius 2 is 1.55 bits per heavy atom. The minimum absolute atomic E-state index is 0.327. The van der Waals surface area contributed by atoms with Crippen molar-refractivity contribution in [3.05, 3.63) is 0 Å². The monoisotopic (exact) mass is 286 g/mol. The molecule has 20 heavy (non-hydrogen) atoms. The molecule has 120 valence electrons. The molecule has 0 saturated heterocycles. The van der Waals surface area contributed by atoms with Crippen molar-refractivity contribution in [3.63, 3.8) is 0 Å². The summed E-state index contributed by atoms with van der Waals surface area (Å²) in [5, 5.41) is 0. The lowest BCUT2D eigenvalue weighted by Crippen LogP contribution is -2.35. The van der Waals surface area contributed by atoms with Crippen LogP contribution in [0.15, 0.2) is 0 Å². The fourth-order valence-corrected chi connectivity index (χ4v) is 2.05. The van der Waals surface area contributed by atoms with E-state index in [1.165, 1.54) is 32.1 Å². The number of unbranched alkanes of at least 4 members (excludes halogenated alkanes) is 6. The fourth-order valence-electron chi connectivity index (χ4n) is 2.05. The summed E-state index contributed by atoms with van der Waals surface area (Å²) in [6, 6.07) is 0. The predicted octanol–water partition coefficient (Wildman–Crippen LogP) is 5.71. The van der Waals surface area contributed by atoms with E-state index in [-0.39, 0.29) is 0 Å². The molecule has 0 radical (unpaired) electrons. The summed E-state index contributed by atoms with van der Waals surface area (Å²) in [6.45, 7) is 10.8. The zero-order chi connectivity index (χ0) is 15.4. The van der Waals surface area contributed by atoms with E-state index in [4.69, 9.17) is 9.47 Å². The maximum absolute atomic E-state index is 11.6. The van der Waals surface area contributed by atoms with Crippen LogP contribution in [0.25, 0.3) is 0 Å². The van der Waals surface area contributed by atoms with Crippen LogP contribution in [0.2, 0.25) is 0 Å². The first-order chi connectivity index (χ1) is 9.44. The van der Waals surface area contributed by atoms with Crippen molar-refractivity contribution in [2.75, 3.05) is 6.61 Å². The highest BCUT2D eigenvalue weighted by atomic mass is 16.7. The molecule has 3 nitrogen and oxygen atoms in total. The average Bonchev–Trinajstić information content (AvgIpc) is 2.40. The predicted molar refractivity (Wildman–Crippen MR) is 84.0 cm³/mol. The number of rotatable bonds is 11. The van der Waals surface area contributed by atoms with Crippen LogP contribution >= 0.6 is 0 Å². The van der Waals surface area contributed by atoms with Crippen molar-refractivity contribution >= 4 is 6.16 Å². The Hall–Kier alpha value is -0.730. The highest BCUT2D eigenvalue weighted by Crippen LogP contribution is 2.24. The van der Waals surface area contributed by atoms with Crippen LogP contribution in [0.1, 0.15) is 86.0 Å². The van der Waals surface area contributed by atoms with Crippen LogP contribution < -0.4 is 0 Å². The van der Waals surface area contributed by atoms with Crippen LogP contribution in [-0.2, 0) is 9.47 Å². The van der Waals surface area contributed by atoms with E-state index in [1.54, 1.807) is 0 Å². The number of carbonyl (C=O) groups is 1. The summed E-state index contributed by atoms with van der Waals surface area (Å²) in [4.78, 5) is 11.6. The molecule has 0 rings (SSSR count). The lowest BCUT2D eigenvalue weighted by atomic mass is 9.90. The van der Waals surface area contributed by atoms with Gasteiger partial charge in [0.25, 0.3) is 0 Å². The van der Waals surface area contributed by atoms with Crippen molar-refractivity contribution < 1.29 is 14.3 Å². The standard InChI is InChI=1S/C17H34O3/c1-6-8-9-10-11-12-13-14-19-16(18)20-17(4,5)15(3)7-2/h15H,6-14H2,1-5H3. The number of carbonyl (C=O) groups excluding carboxylic acids is 1. The quantitative estimate of drug-likeness (QED) is 0.360. The van der Waals surface area contributed by atoms with Crippen LogP contribution in [-0.4, -0.2) is 18.4 Å². The molecule has 1 atom stereocenters. The third-order valence-corrected chi connectivity index (χ3v) is 4.11. The third kappa shape index (κ3) is 9.22. The zero-order valence-electron chi connectivity index (χ0n) is 14.2. The van der Waals surface area contributed by atoms with Gasteiger partial charge in [0.2, 0.25) is 0 Å². The molecule has 0 aromatic heterocycles. The summed E-state index contributed by atoms with van der Waals surface area (Å²) in [5.74, 6) is 0.327. The molecule has 0 aromatic rings. The van der Waals surface area contributed by atoms with E-state index in [2.05, 4.69) is 20.8 Å². The highest BCUT2D eigenvalue weighted by Gasteiger charge is 2.29. The Balaban J connectivity index is 3.59. The second kappa shape index (κ2) is 11.0. The second-order valence-electron chi connectivity index (χ2n) is 6.23. The largest absolute Gasteiger partial charge is 0.508 e. The molecular formula is C17H34O3. The van der Waals surface area contributed by atoms with Gasteiger partial charge in [-0.15, -0.1) is 0 Å². The van der Waals surface area contributed by atoms with Gasteiger partial charge in [-0.25, -0.2) is 4.79 Å². The van der Waals surface area contributed by atoms with E-state index < -0.39 is 11.8 Å². The van der Waals surface area contributed by atoms with Gasteiger partial charge < -0.3 is 9.47 Å². The Labute approximate surface area is 125 Å². The topological polar surface area (TPSA) is 35.5 Å². The lowest BCUT2D eigenvalue weighted by molar-refractivity contribution is -0.0442. The smallest absolute Gasteiger partial charge is 0.434 e. The van der Waals surface area contributed by atoms with Gasteiger partial charge >= 0.3 is 6.16 Å². The summed E-state index contributed by atoms with van der Waals surface area (Å²) in [6.07, 6.45) is 8.98.